The Hall–Kier alpha value is -2.92. The number of likely N-dealkylation sites (tertiary alicyclic amines) is 1. The summed E-state index contributed by atoms with van der Waals surface area (Å²) in [5.41, 5.74) is 3.71. The first-order valence-corrected chi connectivity index (χ1v) is 13.0. The van der Waals surface area contributed by atoms with E-state index < -0.39 is 0 Å². The summed E-state index contributed by atoms with van der Waals surface area (Å²) < 4.78 is 2.48. The predicted octanol–water partition coefficient (Wildman–Crippen LogP) is 5.88. The molecule has 0 saturated carbocycles. The van der Waals surface area contributed by atoms with Crippen molar-refractivity contribution >= 4 is 21.8 Å². The van der Waals surface area contributed by atoms with E-state index in [2.05, 4.69) is 56.8 Å². The lowest BCUT2D eigenvalue weighted by atomic mass is 9.89. The van der Waals surface area contributed by atoms with E-state index >= 15 is 0 Å². The van der Waals surface area contributed by atoms with Crippen molar-refractivity contribution < 1.29 is 0 Å². The summed E-state index contributed by atoms with van der Waals surface area (Å²) in [7, 11) is 0. The first-order chi connectivity index (χ1) is 16.7. The molecule has 0 radical (unpaired) electrons. The highest BCUT2D eigenvalue weighted by Crippen LogP contribution is 2.34. The van der Waals surface area contributed by atoms with Gasteiger partial charge in [0, 0.05) is 30.1 Å². The minimum absolute atomic E-state index is 0.0290. The van der Waals surface area contributed by atoms with Gasteiger partial charge in [0.15, 0.2) is 0 Å². The molecule has 0 amide bonds. The third-order valence-corrected chi connectivity index (χ3v) is 7.40. The first kappa shape index (κ1) is 22.9. The number of aromatic amines is 1. The molecule has 2 aromatic heterocycles. The van der Waals surface area contributed by atoms with Crippen molar-refractivity contribution in [3.05, 3.63) is 76.5 Å². The van der Waals surface area contributed by atoms with E-state index in [1.165, 1.54) is 49.7 Å². The summed E-state index contributed by atoms with van der Waals surface area (Å²) in [6.07, 6.45) is 10.4. The maximum Gasteiger partial charge on any atom is 0.258 e. The third kappa shape index (κ3) is 4.95. The Morgan fingerprint density at radius 1 is 0.941 bits per heavy atom. The molecule has 0 aliphatic carbocycles. The van der Waals surface area contributed by atoms with E-state index in [1.807, 2.05) is 24.3 Å². The Kier molecular flexibility index (Phi) is 7.10. The number of hydrogen-bond donors (Lipinski definition) is 1. The second-order valence-electron chi connectivity index (χ2n) is 9.75. The van der Waals surface area contributed by atoms with Gasteiger partial charge in [-0.1, -0.05) is 43.7 Å². The fourth-order valence-corrected chi connectivity index (χ4v) is 5.46. The number of fused-ring (bicyclic) bond motifs is 2. The van der Waals surface area contributed by atoms with Crippen molar-refractivity contribution in [3.63, 3.8) is 0 Å². The van der Waals surface area contributed by atoms with E-state index in [0.717, 1.165) is 43.7 Å². The molecule has 5 heteroatoms. The molecule has 1 aliphatic heterocycles. The maximum absolute atomic E-state index is 12.3. The van der Waals surface area contributed by atoms with Crippen molar-refractivity contribution in [1.29, 1.82) is 0 Å². The van der Waals surface area contributed by atoms with Gasteiger partial charge in [-0.15, -0.1) is 0 Å². The Morgan fingerprint density at radius 3 is 2.53 bits per heavy atom. The van der Waals surface area contributed by atoms with Crippen LogP contribution in [-0.4, -0.2) is 39.1 Å². The zero-order valence-corrected chi connectivity index (χ0v) is 20.3. The summed E-state index contributed by atoms with van der Waals surface area (Å²) in [5.74, 6) is 1.47. The van der Waals surface area contributed by atoms with Crippen molar-refractivity contribution in [2.75, 3.05) is 19.6 Å². The van der Waals surface area contributed by atoms with Gasteiger partial charge in [-0.3, -0.25) is 4.79 Å². The van der Waals surface area contributed by atoms with E-state index in [0.29, 0.717) is 11.3 Å². The van der Waals surface area contributed by atoms with Gasteiger partial charge < -0.3 is 14.5 Å². The Bertz CT molecular complexity index is 1300. The van der Waals surface area contributed by atoms with Gasteiger partial charge in [0.05, 0.1) is 10.9 Å². The summed E-state index contributed by atoms with van der Waals surface area (Å²) in [5, 5.41) is 2.12. The fourth-order valence-electron chi connectivity index (χ4n) is 5.46. The van der Waals surface area contributed by atoms with Gasteiger partial charge in [-0.2, -0.15) is 0 Å². The smallest absolute Gasteiger partial charge is 0.258 e. The summed E-state index contributed by atoms with van der Waals surface area (Å²) >= 11 is 0. The number of H-pyrrole nitrogens is 1. The quantitative estimate of drug-likeness (QED) is 0.320. The minimum Gasteiger partial charge on any atom is -0.347 e. The molecule has 0 unspecified atom stereocenters. The van der Waals surface area contributed by atoms with Gasteiger partial charge in [-0.05, 0) is 81.4 Å². The summed E-state index contributed by atoms with van der Waals surface area (Å²) in [6.45, 7) is 6.85. The van der Waals surface area contributed by atoms with Crippen molar-refractivity contribution in [1.82, 2.24) is 19.4 Å². The number of benzene rings is 2. The molecule has 178 valence electrons. The van der Waals surface area contributed by atoms with Crippen LogP contribution in [0.5, 0.6) is 0 Å². The average Bonchev–Trinajstić information content (AvgIpc) is 3.24. The monoisotopic (exact) mass is 456 g/mol. The van der Waals surface area contributed by atoms with Crippen molar-refractivity contribution in [2.24, 2.45) is 0 Å². The molecule has 34 heavy (non-hydrogen) atoms. The molecular formula is C29H36N4O. The molecule has 5 nitrogen and oxygen atoms in total. The lowest BCUT2D eigenvalue weighted by Gasteiger charge is -2.32. The lowest BCUT2D eigenvalue weighted by Crippen LogP contribution is -2.33. The van der Waals surface area contributed by atoms with Crippen LogP contribution in [0.4, 0.5) is 0 Å². The highest BCUT2D eigenvalue weighted by atomic mass is 16.1. The molecule has 4 aromatic rings. The van der Waals surface area contributed by atoms with Crippen LogP contribution in [0.1, 0.15) is 62.8 Å². The van der Waals surface area contributed by atoms with E-state index in [1.54, 1.807) is 5.56 Å². The molecular weight excluding hydrogens is 420 g/mol. The molecule has 0 bridgehead atoms. The number of piperidine rings is 1. The minimum atomic E-state index is -0.0290. The average molecular weight is 457 g/mol. The van der Waals surface area contributed by atoms with Crippen LogP contribution in [-0.2, 0) is 13.0 Å². The Balaban J connectivity index is 1.13. The third-order valence-electron chi connectivity index (χ3n) is 7.40. The Morgan fingerprint density at radius 2 is 1.71 bits per heavy atom. The number of para-hydroxylation sites is 2. The lowest BCUT2D eigenvalue weighted by molar-refractivity contribution is 0.209. The number of nitrogens with one attached hydrogen (secondary N) is 1. The van der Waals surface area contributed by atoms with E-state index in [4.69, 9.17) is 0 Å². The molecule has 1 aliphatic rings. The number of aryl methyl sites for hydroxylation is 2. The highest BCUT2D eigenvalue weighted by molar-refractivity contribution is 5.84. The van der Waals surface area contributed by atoms with Gasteiger partial charge in [0.2, 0.25) is 0 Å². The molecule has 5 rings (SSSR count). The van der Waals surface area contributed by atoms with Crippen LogP contribution < -0.4 is 5.56 Å². The highest BCUT2D eigenvalue weighted by Gasteiger charge is 2.23. The SMILES string of the molecule is CCCCn1cc(C2CCN(CCCCc3nc4ccccc4c(=O)[nH]3)CC2)c2ccccc21. The topological polar surface area (TPSA) is 53.9 Å². The van der Waals surface area contributed by atoms with Gasteiger partial charge in [-0.25, -0.2) is 4.98 Å². The van der Waals surface area contributed by atoms with E-state index in [-0.39, 0.29) is 5.56 Å². The molecule has 0 spiro atoms. The number of aromatic nitrogens is 3. The summed E-state index contributed by atoms with van der Waals surface area (Å²) in [6, 6.07) is 16.5. The largest absolute Gasteiger partial charge is 0.347 e. The van der Waals surface area contributed by atoms with Crippen molar-refractivity contribution in [2.45, 2.75) is 64.3 Å². The van der Waals surface area contributed by atoms with E-state index in [9.17, 15) is 4.79 Å². The van der Waals surface area contributed by atoms with Gasteiger partial charge in [0.1, 0.15) is 5.82 Å². The number of unbranched alkanes of at least 4 members (excludes halogenated alkanes) is 2. The first-order valence-electron chi connectivity index (χ1n) is 13.0. The van der Waals surface area contributed by atoms with Crippen LogP contribution in [0.15, 0.2) is 59.5 Å². The fraction of sp³-hybridized carbons (Fsp3) is 0.448. The molecule has 3 heterocycles. The maximum atomic E-state index is 12.3. The zero-order chi connectivity index (χ0) is 23.3. The van der Waals surface area contributed by atoms with Crippen molar-refractivity contribution in [3.8, 4) is 0 Å². The number of nitrogens with zero attached hydrogens (tertiary/aromatic N) is 3. The number of rotatable bonds is 9. The zero-order valence-electron chi connectivity index (χ0n) is 20.3. The molecule has 0 atom stereocenters. The van der Waals surface area contributed by atoms with Crippen LogP contribution in [0.3, 0.4) is 0 Å². The van der Waals surface area contributed by atoms with Crippen LogP contribution in [0.25, 0.3) is 21.8 Å². The second-order valence-corrected chi connectivity index (χ2v) is 9.75. The number of hydrogen-bond acceptors (Lipinski definition) is 3. The van der Waals surface area contributed by atoms with Gasteiger partial charge in [0.25, 0.3) is 5.56 Å². The molecule has 1 saturated heterocycles. The standard InChI is InChI=1S/C29H36N4O/c1-2-3-18-33-21-25(23-10-5-7-13-27(23)33)22-15-19-32(20-16-22)17-9-8-14-28-30-26-12-6-4-11-24(26)29(34)31-28/h4-7,10-13,21-22H,2-3,8-9,14-20H2,1H3,(H,30,31,34). The predicted molar refractivity (Wildman–Crippen MR) is 141 cm³/mol. The van der Waals surface area contributed by atoms with Gasteiger partial charge >= 0.3 is 0 Å². The Labute approximate surface area is 201 Å². The summed E-state index contributed by atoms with van der Waals surface area (Å²) in [4.78, 5) is 22.5. The van der Waals surface area contributed by atoms with Crippen LogP contribution >= 0.6 is 0 Å². The van der Waals surface area contributed by atoms with Crippen LogP contribution in [0, 0.1) is 0 Å². The van der Waals surface area contributed by atoms with Crippen LogP contribution in [0.2, 0.25) is 0 Å². The molecule has 2 aromatic carbocycles. The molecule has 1 fully saturated rings. The normalized spacial score (nSPS) is 15.4. The molecule has 1 N–H and O–H groups in total. The second kappa shape index (κ2) is 10.6.